The fraction of sp³-hybridized carbons (Fsp3) is 0.667. The average molecular weight is 295 g/mol. The van der Waals surface area contributed by atoms with Crippen molar-refractivity contribution in [1.82, 2.24) is 10.2 Å². The minimum Gasteiger partial charge on any atom is -0.354 e. The van der Waals surface area contributed by atoms with E-state index in [1.54, 1.807) is 0 Å². The van der Waals surface area contributed by atoms with Crippen molar-refractivity contribution >= 4 is 17.2 Å². The summed E-state index contributed by atoms with van der Waals surface area (Å²) < 4.78 is 0. The Bertz CT molecular complexity index is 401. The van der Waals surface area contributed by atoms with Crippen LogP contribution in [0.25, 0.3) is 0 Å². The molecule has 1 aliphatic heterocycles. The van der Waals surface area contributed by atoms with Gasteiger partial charge in [-0.15, -0.1) is 11.3 Å². The molecular weight excluding hydrogens is 270 g/mol. The summed E-state index contributed by atoms with van der Waals surface area (Å²) in [4.78, 5) is 15.4. The van der Waals surface area contributed by atoms with Crippen molar-refractivity contribution in [2.75, 3.05) is 26.2 Å². The van der Waals surface area contributed by atoms with Crippen LogP contribution >= 0.6 is 11.3 Å². The fourth-order valence-corrected chi connectivity index (χ4v) is 3.35. The van der Waals surface area contributed by atoms with Crippen molar-refractivity contribution in [3.8, 4) is 0 Å². The van der Waals surface area contributed by atoms with Gasteiger partial charge in [0.15, 0.2) is 0 Å². The van der Waals surface area contributed by atoms with Gasteiger partial charge in [-0.3, -0.25) is 4.79 Å². The van der Waals surface area contributed by atoms with Crippen molar-refractivity contribution in [2.45, 2.75) is 32.2 Å². The molecule has 2 atom stereocenters. The van der Waals surface area contributed by atoms with E-state index in [0.717, 1.165) is 11.4 Å². The molecule has 0 bridgehead atoms. The first kappa shape index (κ1) is 15.5. The third-order valence-corrected chi connectivity index (χ3v) is 4.73. The Kier molecular flexibility index (Phi) is 6.01. The van der Waals surface area contributed by atoms with E-state index in [4.69, 9.17) is 5.73 Å². The molecule has 0 saturated carbocycles. The molecule has 5 heteroatoms. The van der Waals surface area contributed by atoms with Crippen LogP contribution in [0.3, 0.4) is 0 Å². The van der Waals surface area contributed by atoms with Crippen LogP contribution < -0.4 is 11.1 Å². The molecule has 0 aliphatic carbocycles. The average Bonchev–Trinajstić information content (AvgIpc) is 2.99. The second kappa shape index (κ2) is 7.76. The predicted octanol–water partition coefficient (Wildman–Crippen LogP) is 1.99. The molecule has 0 spiro atoms. The molecule has 0 radical (unpaired) electrons. The van der Waals surface area contributed by atoms with Crippen LogP contribution in [0, 0.1) is 5.92 Å². The number of piperidine rings is 1. The Morgan fingerprint density at radius 3 is 2.85 bits per heavy atom. The fourth-order valence-electron chi connectivity index (χ4n) is 2.63. The molecule has 1 fully saturated rings. The highest BCUT2D eigenvalue weighted by Gasteiger charge is 2.18. The van der Waals surface area contributed by atoms with Gasteiger partial charge >= 0.3 is 0 Å². The third kappa shape index (κ3) is 4.58. The zero-order chi connectivity index (χ0) is 14.4. The van der Waals surface area contributed by atoms with Crippen LogP contribution in [0.2, 0.25) is 0 Å². The highest BCUT2D eigenvalue weighted by Crippen LogP contribution is 2.16. The van der Waals surface area contributed by atoms with E-state index in [0.29, 0.717) is 12.5 Å². The quantitative estimate of drug-likeness (QED) is 0.844. The largest absolute Gasteiger partial charge is 0.354 e. The lowest BCUT2D eigenvalue weighted by Gasteiger charge is -2.29. The van der Waals surface area contributed by atoms with Crippen LogP contribution in [-0.4, -0.2) is 37.0 Å². The van der Waals surface area contributed by atoms with E-state index in [1.807, 2.05) is 17.5 Å². The van der Waals surface area contributed by atoms with Gasteiger partial charge in [0.2, 0.25) is 5.91 Å². The third-order valence-electron chi connectivity index (χ3n) is 3.78. The molecule has 1 aromatic heterocycles. The smallest absolute Gasteiger partial charge is 0.242 e. The second-order valence-electron chi connectivity index (χ2n) is 5.70. The number of carbonyl (C=O) groups is 1. The molecule has 3 N–H and O–H groups in total. The summed E-state index contributed by atoms with van der Waals surface area (Å²) in [6.45, 7) is 6.36. The molecule has 2 rings (SSSR count). The number of likely N-dealkylation sites (tertiary alicyclic amines) is 1. The Balaban J connectivity index is 1.69. The van der Waals surface area contributed by atoms with E-state index in [-0.39, 0.29) is 5.91 Å². The number of thiophene rings is 1. The van der Waals surface area contributed by atoms with Gasteiger partial charge < -0.3 is 16.0 Å². The molecule has 0 aromatic carbocycles. The Labute approximate surface area is 125 Å². The van der Waals surface area contributed by atoms with E-state index in [9.17, 15) is 4.79 Å². The molecule has 112 valence electrons. The summed E-state index contributed by atoms with van der Waals surface area (Å²) in [6.07, 6.45) is 3.97. The van der Waals surface area contributed by atoms with Gasteiger partial charge in [-0.05, 0) is 43.3 Å². The summed E-state index contributed by atoms with van der Waals surface area (Å²) in [6, 6.07) is 3.30. The monoisotopic (exact) mass is 295 g/mol. The Hall–Kier alpha value is -0.910. The maximum atomic E-state index is 12.0. The van der Waals surface area contributed by atoms with Crippen LogP contribution in [0.4, 0.5) is 0 Å². The molecule has 2 heterocycles. The van der Waals surface area contributed by atoms with Crippen LogP contribution in [0.5, 0.6) is 0 Å². The summed E-state index contributed by atoms with van der Waals surface area (Å²) in [5.74, 6) is 0.394. The molecular formula is C15H25N3OS. The summed E-state index contributed by atoms with van der Waals surface area (Å²) in [5, 5.41) is 4.92. The van der Waals surface area contributed by atoms with Gasteiger partial charge in [-0.2, -0.15) is 0 Å². The van der Waals surface area contributed by atoms with Crippen molar-refractivity contribution < 1.29 is 4.79 Å². The van der Waals surface area contributed by atoms with E-state index in [2.05, 4.69) is 17.1 Å². The summed E-state index contributed by atoms with van der Waals surface area (Å²) in [5.41, 5.74) is 5.94. The van der Waals surface area contributed by atoms with Crippen LogP contribution in [0.15, 0.2) is 17.5 Å². The zero-order valence-electron chi connectivity index (χ0n) is 12.2. The molecule has 1 saturated heterocycles. The number of nitrogens with one attached hydrogen (secondary N) is 1. The number of amides is 1. The van der Waals surface area contributed by atoms with Gasteiger partial charge in [0.25, 0.3) is 0 Å². The number of hydrogen-bond acceptors (Lipinski definition) is 4. The van der Waals surface area contributed by atoms with E-state index >= 15 is 0 Å². The molecule has 1 amide bonds. The van der Waals surface area contributed by atoms with E-state index < -0.39 is 6.04 Å². The normalized spacial score (nSPS) is 19.5. The maximum Gasteiger partial charge on any atom is 0.242 e. The number of nitrogens with two attached hydrogens (primary N) is 1. The Morgan fingerprint density at radius 2 is 2.20 bits per heavy atom. The predicted molar refractivity (Wildman–Crippen MR) is 83.7 cm³/mol. The minimum atomic E-state index is -0.530. The SMILES string of the molecule is CC(CNC(=O)C(N)c1cccs1)CN1CCCCC1. The Morgan fingerprint density at radius 1 is 1.45 bits per heavy atom. The topological polar surface area (TPSA) is 58.4 Å². The van der Waals surface area contributed by atoms with E-state index in [1.165, 1.54) is 43.7 Å². The molecule has 2 unspecified atom stereocenters. The first-order valence-electron chi connectivity index (χ1n) is 7.46. The summed E-state index contributed by atoms with van der Waals surface area (Å²) in [7, 11) is 0. The lowest BCUT2D eigenvalue weighted by molar-refractivity contribution is -0.122. The first-order valence-corrected chi connectivity index (χ1v) is 8.34. The second-order valence-corrected chi connectivity index (χ2v) is 6.68. The van der Waals surface area contributed by atoms with Gasteiger partial charge in [-0.25, -0.2) is 0 Å². The first-order chi connectivity index (χ1) is 9.66. The van der Waals surface area contributed by atoms with Crippen molar-refractivity contribution in [3.63, 3.8) is 0 Å². The number of rotatable bonds is 6. The van der Waals surface area contributed by atoms with Gasteiger partial charge in [0, 0.05) is 18.0 Å². The zero-order valence-corrected chi connectivity index (χ0v) is 13.0. The highest BCUT2D eigenvalue weighted by molar-refractivity contribution is 7.10. The lowest BCUT2D eigenvalue weighted by atomic mass is 10.1. The minimum absolute atomic E-state index is 0.0713. The lowest BCUT2D eigenvalue weighted by Crippen LogP contribution is -2.40. The van der Waals surface area contributed by atoms with Crippen molar-refractivity contribution in [3.05, 3.63) is 22.4 Å². The van der Waals surface area contributed by atoms with Crippen LogP contribution in [-0.2, 0) is 4.79 Å². The van der Waals surface area contributed by atoms with Gasteiger partial charge in [0.05, 0.1) is 0 Å². The number of nitrogens with zero attached hydrogens (tertiary/aromatic N) is 1. The molecule has 1 aromatic rings. The number of carbonyl (C=O) groups excluding carboxylic acids is 1. The van der Waals surface area contributed by atoms with Gasteiger partial charge in [-0.1, -0.05) is 19.4 Å². The standard InChI is InChI=1S/C15H25N3OS/c1-12(11-18-7-3-2-4-8-18)10-17-15(19)14(16)13-6-5-9-20-13/h5-6,9,12,14H,2-4,7-8,10-11,16H2,1H3,(H,17,19). The number of hydrogen-bond donors (Lipinski definition) is 2. The summed E-state index contributed by atoms with van der Waals surface area (Å²) >= 11 is 1.53. The van der Waals surface area contributed by atoms with Crippen LogP contribution in [0.1, 0.15) is 37.1 Å². The molecule has 1 aliphatic rings. The van der Waals surface area contributed by atoms with Crippen molar-refractivity contribution in [2.24, 2.45) is 11.7 Å². The maximum absolute atomic E-state index is 12.0. The molecule has 20 heavy (non-hydrogen) atoms. The highest BCUT2D eigenvalue weighted by atomic mass is 32.1. The molecule has 4 nitrogen and oxygen atoms in total. The van der Waals surface area contributed by atoms with Crippen molar-refractivity contribution in [1.29, 1.82) is 0 Å². The van der Waals surface area contributed by atoms with Gasteiger partial charge in [0.1, 0.15) is 6.04 Å².